The molecule has 0 aliphatic rings. The van der Waals surface area contributed by atoms with E-state index in [-0.39, 0.29) is 21.1 Å². The molecule has 0 unspecified atom stereocenters. The maximum Gasteiger partial charge on any atom is 2.00 e. The van der Waals surface area contributed by atoms with Crippen LogP contribution in [-0.4, -0.2) is 9.97 Å². The van der Waals surface area contributed by atoms with Crippen molar-refractivity contribution in [3.63, 3.8) is 0 Å². The second kappa shape index (κ2) is 9.14. The fourth-order valence-corrected chi connectivity index (χ4v) is 5.79. The Hall–Kier alpha value is -2.72. The molecule has 0 radical (unpaired) electrons. The van der Waals surface area contributed by atoms with Crippen molar-refractivity contribution >= 4 is 42.8 Å². The number of nitrogens with zero attached hydrogens (tertiary/aromatic N) is 2. The summed E-state index contributed by atoms with van der Waals surface area (Å²) in [5.41, 5.74) is 0.240. The van der Waals surface area contributed by atoms with Crippen LogP contribution in [0, 0.1) is 12.1 Å². The third-order valence-corrected chi connectivity index (χ3v) is 7.80. The first kappa shape index (κ1) is 23.0. The summed E-state index contributed by atoms with van der Waals surface area (Å²) in [4.78, 5) is 11.2. The van der Waals surface area contributed by atoms with Crippen molar-refractivity contribution in [2.45, 2.75) is 12.6 Å². The van der Waals surface area contributed by atoms with Gasteiger partial charge in [0.2, 0.25) is 0 Å². The molecule has 2 aromatic carbocycles. The van der Waals surface area contributed by atoms with Crippen molar-refractivity contribution in [1.82, 2.24) is 9.97 Å². The summed E-state index contributed by atoms with van der Waals surface area (Å²) in [7, 11) is 0. The molecule has 168 valence electrons. The van der Waals surface area contributed by atoms with Crippen LogP contribution >= 0.6 is 22.7 Å². The van der Waals surface area contributed by atoms with E-state index in [0.29, 0.717) is 22.8 Å². The summed E-state index contributed by atoms with van der Waals surface area (Å²) in [5.74, 6) is 0. The van der Waals surface area contributed by atoms with E-state index in [1.165, 1.54) is 6.92 Å². The molecule has 0 saturated heterocycles. The number of aromatic nitrogens is 2. The van der Waals surface area contributed by atoms with E-state index in [0.717, 1.165) is 29.9 Å². The van der Waals surface area contributed by atoms with Gasteiger partial charge >= 0.3 is 21.1 Å². The molecule has 2 nitrogen and oxygen atoms in total. The molecule has 0 atom stereocenters. The van der Waals surface area contributed by atoms with Gasteiger partial charge in [-0.15, -0.1) is 47.2 Å². The fraction of sp³-hybridized carbons (Fsp3) is 0.0714. The average Bonchev–Trinajstić information content (AvgIpc) is 3.49. The van der Waals surface area contributed by atoms with Gasteiger partial charge in [-0.3, -0.25) is 9.97 Å². The van der Waals surface area contributed by atoms with Crippen LogP contribution < -0.4 is 0 Å². The van der Waals surface area contributed by atoms with Gasteiger partial charge < -0.3 is 0 Å². The van der Waals surface area contributed by atoms with Crippen molar-refractivity contribution in [3.05, 3.63) is 108 Å². The van der Waals surface area contributed by atoms with E-state index in [2.05, 4.69) is 34.2 Å². The van der Waals surface area contributed by atoms with Gasteiger partial charge in [0.1, 0.15) is 0 Å². The maximum absolute atomic E-state index is 16.2. The number of benzene rings is 2. The van der Waals surface area contributed by atoms with Crippen LogP contribution in [0.25, 0.3) is 41.3 Å². The molecule has 6 rings (SSSR count). The molecular formula is C28H17FN2PtS2. The Kier molecular flexibility index (Phi) is 6.20. The minimum absolute atomic E-state index is 0. The van der Waals surface area contributed by atoms with Gasteiger partial charge in [-0.05, 0) is 38.2 Å². The van der Waals surface area contributed by atoms with Crippen LogP contribution in [0.3, 0.4) is 0 Å². The minimum atomic E-state index is -1.85. The number of thiophene rings is 2. The molecule has 0 spiro atoms. The number of fused-ring (bicyclic) bond motifs is 2. The number of hydrogen-bond donors (Lipinski definition) is 0. The number of rotatable bonds is 4. The first-order chi connectivity index (χ1) is 16.1. The molecule has 0 saturated carbocycles. The molecule has 0 amide bonds. The van der Waals surface area contributed by atoms with Crippen molar-refractivity contribution in [3.8, 4) is 21.1 Å². The van der Waals surface area contributed by atoms with Crippen LogP contribution in [-0.2, 0) is 26.7 Å². The fourth-order valence-electron chi connectivity index (χ4n) is 3.84. The first-order valence-electron chi connectivity index (χ1n) is 10.5. The molecule has 6 aromatic rings. The van der Waals surface area contributed by atoms with Gasteiger partial charge in [0.25, 0.3) is 0 Å². The van der Waals surface area contributed by atoms with Gasteiger partial charge in [0, 0.05) is 11.4 Å². The molecule has 0 bridgehead atoms. The standard InChI is InChI=1S/C28H17FN2S2.Pt/c1-28(29,26-14-6-10-20(30-26)24-16-18-8-2-4-12-22(18)32-24)27-15-7-11-21(31-27)25-17-19-9-3-5-13-23(19)33-25;/h2-15H,1H3;/q-2;+2. The largest absolute Gasteiger partial charge is 2.00 e. The van der Waals surface area contributed by atoms with Crippen molar-refractivity contribution < 1.29 is 25.5 Å². The summed E-state index contributed by atoms with van der Waals surface area (Å²) in [6.45, 7) is 1.52. The zero-order valence-corrected chi connectivity index (χ0v) is 21.9. The van der Waals surface area contributed by atoms with Gasteiger partial charge in [-0.1, -0.05) is 48.5 Å². The summed E-state index contributed by atoms with van der Waals surface area (Å²) in [5, 5.41) is 2.09. The second-order valence-corrected chi connectivity index (χ2v) is 10.0. The number of alkyl halides is 1. The molecule has 0 aliphatic carbocycles. The molecular weight excluding hydrogens is 643 g/mol. The van der Waals surface area contributed by atoms with E-state index >= 15 is 4.39 Å². The smallest absolute Gasteiger partial charge is 0.296 e. The van der Waals surface area contributed by atoms with Crippen molar-refractivity contribution in [2.24, 2.45) is 0 Å². The Bertz CT molecular complexity index is 1430. The first-order valence-corrected chi connectivity index (χ1v) is 12.2. The normalized spacial score (nSPS) is 11.6. The summed E-state index contributed by atoms with van der Waals surface area (Å²) in [6.07, 6.45) is 0. The van der Waals surface area contributed by atoms with E-state index in [1.54, 1.807) is 34.8 Å². The van der Waals surface area contributed by atoms with E-state index in [1.807, 2.05) is 60.7 Å². The summed E-state index contributed by atoms with van der Waals surface area (Å²) < 4.78 is 18.5. The minimum Gasteiger partial charge on any atom is -0.296 e. The Morgan fingerprint density at radius 2 is 1.09 bits per heavy atom. The molecule has 34 heavy (non-hydrogen) atoms. The molecule has 4 aromatic heterocycles. The van der Waals surface area contributed by atoms with Gasteiger partial charge in [-0.25, -0.2) is 27.1 Å². The monoisotopic (exact) mass is 659 g/mol. The van der Waals surface area contributed by atoms with Gasteiger partial charge in [-0.2, -0.15) is 0 Å². The van der Waals surface area contributed by atoms with E-state index in [4.69, 9.17) is 0 Å². The quantitative estimate of drug-likeness (QED) is 0.179. The van der Waals surface area contributed by atoms with Crippen LogP contribution in [0.15, 0.2) is 84.9 Å². The molecule has 0 aliphatic heterocycles. The average molecular weight is 660 g/mol. The van der Waals surface area contributed by atoms with Crippen LogP contribution in [0.2, 0.25) is 0 Å². The van der Waals surface area contributed by atoms with Gasteiger partial charge in [0.15, 0.2) is 5.67 Å². The van der Waals surface area contributed by atoms with E-state index in [9.17, 15) is 0 Å². The van der Waals surface area contributed by atoms with E-state index < -0.39 is 5.67 Å². The number of pyridine rings is 2. The zero-order chi connectivity index (χ0) is 22.4. The molecule has 6 heteroatoms. The zero-order valence-electron chi connectivity index (χ0n) is 18.0. The second-order valence-electron chi connectivity index (χ2n) is 7.92. The van der Waals surface area contributed by atoms with Crippen LogP contribution in [0.4, 0.5) is 4.39 Å². The molecule has 0 N–H and O–H groups in total. The third kappa shape index (κ3) is 4.13. The molecule has 4 heterocycles. The summed E-state index contributed by atoms with van der Waals surface area (Å²) >= 11 is 3.22. The van der Waals surface area contributed by atoms with Crippen LogP contribution in [0.5, 0.6) is 0 Å². The summed E-state index contributed by atoms with van der Waals surface area (Å²) in [6, 6.07) is 33.9. The van der Waals surface area contributed by atoms with Crippen molar-refractivity contribution in [2.75, 3.05) is 0 Å². The number of hydrogen-bond acceptors (Lipinski definition) is 4. The van der Waals surface area contributed by atoms with Crippen molar-refractivity contribution in [1.29, 1.82) is 0 Å². The SMILES string of the molecule is CC(F)(c1cccc(-c2[c-]c3ccccc3s2)n1)c1cccc(-c2[c-]c3ccccc3s2)n1.[Pt+2]. The third-order valence-electron chi connectivity index (χ3n) is 5.62. The Labute approximate surface area is 219 Å². The topological polar surface area (TPSA) is 25.8 Å². The van der Waals surface area contributed by atoms with Gasteiger partial charge in [0.05, 0.1) is 11.4 Å². The van der Waals surface area contributed by atoms with Crippen LogP contribution in [0.1, 0.15) is 18.3 Å². The Balaban J connectivity index is 0.00000241. The molecule has 0 fully saturated rings. The Morgan fingerprint density at radius 1 is 0.647 bits per heavy atom. The maximum atomic E-state index is 16.2. The predicted molar refractivity (Wildman–Crippen MR) is 135 cm³/mol. The predicted octanol–water partition coefficient (Wildman–Crippen LogP) is 8.07. The number of halogens is 1. The Morgan fingerprint density at radius 3 is 1.53 bits per heavy atom.